The molecule has 0 fully saturated rings. The SMILES string of the molecule is CCOC(=O)/C(C#N)=C\c1ccc(OCCOc2ccc(C(C)(C)C)cc2)c(OCC)c1. The molecule has 0 atom stereocenters. The summed E-state index contributed by atoms with van der Waals surface area (Å²) >= 11 is 0. The molecule has 0 bridgehead atoms. The summed E-state index contributed by atoms with van der Waals surface area (Å²) in [7, 11) is 0. The van der Waals surface area contributed by atoms with Crippen LogP contribution in [0.2, 0.25) is 0 Å². The number of nitriles is 1. The standard InChI is InChI=1S/C26H31NO5/c1-6-29-24-17-19(16-20(18-27)25(28)30-7-2)8-13-23(24)32-15-14-31-22-11-9-21(10-12-22)26(3,4)5/h8-13,16-17H,6-7,14-15H2,1-5H3/b20-16-. The van der Waals surface area contributed by atoms with E-state index in [2.05, 4.69) is 32.9 Å². The summed E-state index contributed by atoms with van der Waals surface area (Å²) in [6.07, 6.45) is 1.47. The van der Waals surface area contributed by atoms with Crippen LogP contribution in [0, 0.1) is 11.3 Å². The number of carbonyl (C=O) groups is 1. The number of rotatable bonds is 10. The molecule has 0 spiro atoms. The van der Waals surface area contributed by atoms with Crippen LogP contribution in [0.5, 0.6) is 17.2 Å². The van der Waals surface area contributed by atoms with Crippen molar-refractivity contribution in [3.05, 3.63) is 59.2 Å². The summed E-state index contributed by atoms with van der Waals surface area (Å²) in [5.74, 6) is 1.22. The molecule has 2 rings (SSSR count). The maximum atomic E-state index is 11.8. The number of nitrogens with zero attached hydrogens (tertiary/aromatic N) is 1. The van der Waals surface area contributed by atoms with E-state index in [0.29, 0.717) is 36.9 Å². The Kier molecular flexibility index (Phi) is 9.15. The molecule has 0 unspecified atom stereocenters. The van der Waals surface area contributed by atoms with E-state index >= 15 is 0 Å². The van der Waals surface area contributed by atoms with Crippen molar-refractivity contribution in [2.45, 2.75) is 40.0 Å². The molecule has 2 aromatic rings. The first kappa shape index (κ1) is 24.8. The van der Waals surface area contributed by atoms with Gasteiger partial charge in [0, 0.05) is 0 Å². The van der Waals surface area contributed by atoms with Crippen LogP contribution in [-0.2, 0) is 14.9 Å². The quantitative estimate of drug-likeness (QED) is 0.217. The lowest BCUT2D eigenvalue weighted by Crippen LogP contribution is -2.12. The molecule has 32 heavy (non-hydrogen) atoms. The van der Waals surface area contributed by atoms with Gasteiger partial charge in [0.1, 0.15) is 30.6 Å². The molecule has 0 aromatic heterocycles. The van der Waals surface area contributed by atoms with E-state index in [-0.39, 0.29) is 17.6 Å². The Morgan fingerprint density at radius 3 is 2.22 bits per heavy atom. The Bertz CT molecular complexity index is 965. The number of carbonyl (C=O) groups excluding carboxylic acids is 1. The van der Waals surface area contributed by atoms with Crippen LogP contribution in [0.1, 0.15) is 45.7 Å². The van der Waals surface area contributed by atoms with Gasteiger partial charge in [0.2, 0.25) is 0 Å². The Morgan fingerprint density at radius 1 is 0.938 bits per heavy atom. The Labute approximate surface area is 190 Å². The molecule has 0 radical (unpaired) electrons. The van der Waals surface area contributed by atoms with Gasteiger partial charge in [-0.05, 0) is 60.7 Å². The first-order chi connectivity index (χ1) is 15.3. The summed E-state index contributed by atoms with van der Waals surface area (Å²) in [5, 5.41) is 9.21. The van der Waals surface area contributed by atoms with Crippen molar-refractivity contribution in [3.8, 4) is 23.3 Å². The molecule has 0 N–H and O–H groups in total. The molecule has 2 aromatic carbocycles. The second-order valence-electron chi connectivity index (χ2n) is 8.00. The molecule has 170 valence electrons. The molecule has 0 aliphatic heterocycles. The Morgan fingerprint density at radius 2 is 1.62 bits per heavy atom. The number of benzene rings is 2. The molecule has 0 aliphatic rings. The van der Waals surface area contributed by atoms with Gasteiger partial charge in [-0.1, -0.05) is 39.0 Å². The van der Waals surface area contributed by atoms with Crippen molar-refractivity contribution >= 4 is 12.0 Å². The van der Waals surface area contributed by atoms with Gasteiger partial charge in [0.15, 0.2) is 11.5 Å². The number of ether oxygens (including phenoxy) is 4. The average molecular weight is 438 g/mol. The minimum atomic E-state index is -0.652. The summed E-state index contributed by atoms with van der Waals surface area (Å²) in [6, 6.07) is 15.2. The van der Waals surface area contributed by atoms with Gasteiger partial charge in [-0.3, -0.25) is 0 Å². The van der Waals surface area contributed by atoms with Gasteiger partial charge in [0.25, 0.3) is 0 Å². The zero-order valence-electron chi connectivity index (χ0n) is 19.4. The zero-order valence-corrected chi connectivity index (χ0v) is 19.4. The third-order valence-corrected chi connectivity index (χ3v) is 4.52. The lowest BCUT2D eigenvalue weighted by atomic mass is 9.87. The van der Waals surface area contributed by atoms with Crippen LogP contribution < -0.4 is 14.2 Å². The van der Waals surface area contributed by atoms with Gasteiger partial charge < -0.3 is 18.9 Å². The summed E-state index contributed by atoms with van der Waals surface area (Å²) in [6.45, 7) is 11.4. The van der Waals surface area contributed by atoms with E-state index in [1.54, 1.807) is 25.1 Å². The van der Waals surface area contributed by atoms with Crippen molar-refractivity contribution < 1.29 is 23.7 Å². The van der Waals surface area contributed by atoms with Crippen molar-refractivity contribution in [2.24, 2.45) is 0 Å². The first-order valence-corrected chi connectivity index (χ1v) is 10.7. The fourth-order valence-electron chi connectivity index (χ4n) is 2.88. The van der Waals surface area contributed by atoms with Crippen LogP contribution in [0.25, 0.3) is 6.08 Å². The van der Waals surface area contributed by atoms with Crippen LogP contribution in [-0.4, -0.2) is 32.4 Å². The third-order valence-electron chi connectivity index (χ3n) is 4.52. The Balaban J connectivity index is 2.01. The fraction of sp³-hybridized carbons (Fsp3) is 0.385. The lowest BCUT2D eigenvalue weighted by Gasteiger charge is -2.19. The number of hydrogen-bond donors (Lipinski definition) is 0. The highest BCUT2D eigenvalue weighted by Gasteiger charge is 2.13. The number of hydrogen-bond acceptors (Lipinski definition) is 6. The smallest absolute Gasteiger partial charge is 0.348 e. The second kappa shape index (κ2) is 11.8. The van der Waals surface area contributed by atoms with Gasteiger partial charge in [-0.25, -0.2) is 4.79 Å². The van der Waals surface area contributed by atoms with Crippen LogP contribution >= 0.6 is 0 Å². The molecule has 0 aliphatic carbocycles. The molecule has 0 saturated carbocycles. The monoisotopic (exact) mass is 437 g/mol. The zero-order chi connectivity index (χ0) is 23.6. The predicted molar refractivity (Wildman–Crippen MR) is 124 cm³/mol. The van der Waals surface area contributed by atoms with E-state index in [0.717, 1.165) is 5.75 Å². The van der Waals surface area contributed by atoms with E-state index in [1.165, 1.54) is 11.6 Å². The fourth-order valence-corrected chi connectivity index (χ4v) is 2.88. The summed E-state index contributed by atoms with van der Waals surface area (Å²) in [4.78, 5) is 11.8. The molecule has 0 amide bonds. The summed E-state index contributed by atoms with van der Waals surface area (Å²) in [5.41, 5.74) is 1.91. The largest absolute Gasteiger partial charge is 0.490 e. The maximum Gasteiger partial charge on any atom is 0.348 e. The van der Waals surface area contributed by atoms with Crippen molar-refractivity contribution in [2.75, 3.05) is 26.4 Å². The van der Waals surface area contributed by atoms with Gasteiger partial charge in [-0.2, -0.15) is 5.26 Å². The molecular weight excluding hydrogens is 406 g/mol. The van der Waals surface area contributed by atoms with Crippen molar-refractivity contribution in [3.63, 3.8) is 0 Å². The predicted octanol–water partition coefficient (Wildman–Crippen LogP) is 5.31. The third kappa shape index (κ3) is 7.35. The minimum Gasteiger partial charge on any atom is -0.490 e. The molecule has 0 saturated heterocycles. The van der Waals surface area contributed by atoms with E-state index in [1.807, 2.05) is 25.1 Å². The topological polar surface area (TPSA) is 77.8 Å². The molecule has 6 heteroatoms. The van der Waals surface area contributed by atoms with E-state index in [9.17, 15) is 10.1 Å². The van der Waals surface area contributed by atoms with Crippen LogP contribution in [0.3, 0.4) is 0 Å². The second-order valence-corrected chi connectivity index (χ2v) is 8.00. The normalized spacial score (nSPS) is 11.4. The Hall–Kier alpha value is -3.46. The van der Waals surface area contributed by atoms with E-state index in [4.69, 9.17) is 18.9 Å². The van der Waals surface area contributed by atoms with Crippen molar-refractivity contribution in [1.82, 2.24) is 0 Å². The van der Waals surface area contributed by atoms with Crippen LogP contribution in [0.15, 0.2) is 48.0 Å². The number of esters is 1. The van der Waals surface area contributed by atoms with Gasteiger partial charge in [0.05, 0.1) is 13.2 Å². The maximum absolute atomic E-state index is 11.8. The highest BCUT2D eigenvalue weighted by atomic mass is 16.5. The average Bonchev–Trinajstić information content (AvgIpc) is 2.76. The van der Waals surface area contributed by atoms with E-state index < -0.39 is 5.97 Å². The van der Waals surface area contributed by atoms with Crippen LogP contribution in [0.4, 0.5) is 0 Å². The molecular formula is C26H31NO5. The molecule has 0 heterocycles. The first-order valence-electron chi connectivity index (χ1n) is 10.7. The molecule has 6 nitrogen and oxygen atoms in total. The highest BCUT2D eigenvalue weighted by molar-refractivity contribution is 5.97. The lowest BCUT2D eigenvalue weighted by molar-refractivity contribution is -0.137. The highest BCUT2D eigenvalue weighted by Crippen LogP contribution is 2.30. The van der Waals surface area contributed by atoms with Crippen molar-refractivity contribution in [1.29, 1.82) is 5.26 Å². The summed E-state index contributed by atoms with van der Waals surface area (Å²) < 4.78 is 22.2. The minimum absolute atomic E-state index is 0.0751. The van der Waals surface area contributed by atoms with Gasteiger partial charge in [-0.15, -0.1) is 0 Å². The van der Waals surface area contributed by atoms with Gasteiger partial charge >= 0.3 is 5.97 Å².